The molecule has 2 aliphatic rings. The first-order valence-electron chi connectivity index (χ1n) is 9.45. The molecule has 0 aliphatic carbocycles. The molecule has 4 aromatic rings. The molecule has 2 aromatic carbocycles. The Bertz CT molecular complexity index is 1250. The zero-order valence-corrected chi connectivity index (χ0v) is 16.5. The smallest absolute Gasteiger partial charge is 0.262 e. The number of carbonyl (C=O) groups excluding carboxylic acids is 1. The van der Waals surface area contributed by atoms with Crippen molar-refractivity contribution in [3.05, 3.63) is 77.3 Å². The predicted molar refractivity (Wildman–Crippen MR) is 114 cm³/mol. The molecule has 2 aliphatic heterocycles. The van der Waals surface area contributed by atoms with Gasteiger partial charge < -0.3 is 14.8 Å². The minimum absolute atomic E-state index is 0.0912. The van der Waals surface area contributed by atoms with Gasteiger partial charge in [-0.1, -0.05) is 18.2 Å². The largest absolute Gasteiger partial charge is 0.454 e. The normalized spacial score (nSPS) is 17.0. The van der Waals surface area contributed by atoms with Crippen LogP contribution in [0.4, 0.5) is 11.4 Å². The van der Waals surface area contributed by atoms with Crippen LogP contribution in [0, 0.1) is 0 Å². The maximum Gasteiger partial charge on any atom is 0.262 e. The van der Waals surface area contributed by atoms with Crippen LogP contribution in [0.5, 0.6) is 11.5 Å². The molecule has 0 saturated carbocycles. The third kappa shape index (κ3) is 2.57. The molecule has 0 fully saturated rings. The standard InChI is InChI=1S/C22H16N4O3S/c27-22-14-4-1-2-5-16(14)24-21(15-11-23-25-20(15)19-6-3-9-30-19)26(22)13-7-8-17-18(10-13)29-12-28-17/h1-11,21,24H,12H2,(H,23,25). The van der Waals surface area contributed by atoms with Crippen molar-refractivity contribution >= 4 is 28.6 Å². The fraction of sp³-hybridized carbons (Fsp3) is 0.0909. The van der Waals surface area contributed by atoms with E-state index in [1.807, 2.05) is 60.0 Å². The van der Waals surface area contributed by atoms with Crippen LogP contribution in [0.1, 0.15) is 22.1 Å². The average Bonchev–Trinajstić information content (AvgIpc) is 3.54. The highest BCUT2D eigenvalue weighted by Gasteiger charge is 2.36. The number of ether oxygens (including phenoxy) is 2. The van der Waals surface area contributed by atoms with Crippen LogP contribution < -0.4 is 19.7 Å². The van der Waals surface area contributed by atoms with Crippen LogP contribution in [0.3, 0.4) is 0 Å². The predicted octanol–water partition coefficient (Wildman–Crippen LogP) is 4.64. The first-order valence-corrected chi connectivity index (χ1v) is 10.3. The molecule has 0 radical (unpaired) electrons. The Balaban J connectivity index is 1.52. The van der Waals surface area contributed by atoms with Gasteiger partial charge in [0.2, 0.25) is 6.79 Å². The average molecular weight is 416 g/mol. The van der Waals surface area contributed by atoms with Crippen molar-refractivity contribution in [2.75, 3.05) is 17.0 Å². The summed E-state index contributed by atoms with van der Waals surface area (Å²) < 4.78 is 11.0. The summed E-state index contributed by atoms with van der Waals surface area (Å²) in [5.41, 5.74) is 3.91. The highest BCUT2D eigenvalue weighted by molar-refractivity contribution is 7.13. The molecule has 1 unspecified atom stereocenters. The summed E-state index contributed by atoms with van der Waals surface area (Å²) in [6.45, 7) is 0.182. The molecule has 2 N–H and O–H groups in total. The van der Waals surface area contributed by atoms with E-state index in [0.717, 1.165) is 27.5 Å². The van der Waals surface area contributed by atoms with Crippen molar-refractivity contribution in [2.24, 2.45) is 0 Å². The Morgan fingerprint density at radius 2 is 1.97 bits per heavy atom. The Labute approximate surface area is 175 Å². The van der Waals surface area contributed by atoms with Gasteiger partial charge >= 0.3 is 0 Å². The fourth-order valence-corrected chi connectivity index (χ4v) is 4.64. The number of nitrogens with zero attached hydrogens (tertiary/aromatic N) is 2. The van der Waals surface area contributed by atoms with Gasteiger partial charge in [-0.3, -0.25) is 14.8 Å². The van der Waals surface area contributed by atoms with Crippen LogP contribution >= 0.6 is 11.3 Å². The summed E-state index contributed by atoms with van der Waals surface area (Å²) in [7, 11) is 0. The minimum atomic E-state index is -0.441. The molecule has 148 valence electrons. The van der Waals surface area contributed by atoms with Gasteiger partial charge in [-0.25, -0.2) is 0 Å². The summed E-state index contributed by atoms with van der Waals surface area (Å²) in [4.78, 5) is 16.4. The number of nitrogens with one attached hydrogen (secondary N) is 2. The summed E-state index contributed by atoms with van der Waals surface area (Å²) in [5, 5.41) is 12.9. The molecular formula is C22H16N4O3S. The van der Waals surface area contributed by atoms with E-state index < -0.39 is 6.17 Å². The van der Waals surface area contributed by atoms with Crippen molar-refractivity contribution in [1.82, 2.24) is 10.2 Å². The number of H-pyrrole nitrogens is 1. The van der Waals surface area contributed by atoms with E-state index in [2.05, 4.69) is 15.5 Å². The molecular weight excluding hydrogens is 400 g/mol. The van der Waals surface area contributed by atoms with E-state index >= 15 is 0 Å². The van der Waals surface area contributed by atoms with Gasteiger partial charge in [0.15, 0.2) is 11.5 Å². The van der Waals surface area contributed by atoms with Crippen molar-refractivity contribution in [1.29, 1.82) is 0 Å². The second-order valence-electron chi connectivity index (χ2n) is 6.98. The molecule has 30 heavy (non-hydrogen) atoms. The third-order valence-electron chi connectivity index (χ3n) is 5.29. The first kappa shape index (κ1) is 17.1. The summed E-state index contributed by atoms with van der Waals surface area (Å²) in [5.74, 6) is 1.21. The highest BCUT2D eigenvalue weighted by atomic mass is 32.1. The lowest BCUT2D eigenvalue weighted by atomic mass is 10.0. The quantitative estimate of drug-likeness (QED) is 0.509. The topological polar surface area (TPSA) is 79.5 Å². The van der Waals surface area contributed by atoms with Gasteiger partial charge in [0.25, 0.3) is 5.91 Å². The van der Waals surface area contributed by atoms with Gasteiger partial charge in [0.05, 0.1) is 28.0 Å². The molecule has 2 aromatic heterocycles. The molecule has 1 atom stereocenters. The van der Waals surface area contributed by atoms with E-state index in [1.165, 1.54) is 0 Å². The van der Waals surface area contributed by atoms with E-state index in [9.17, 15) is 4.79 Å². The molecule has 7 nitrogen and oxygen atoms in total. The molecule has 0 bridgehead atoms. The number of para-hydroxylation sites is 1. The number of carbonyl (C=O) groups is 1. The Hall–Kier alpha value is -3.78. The molecule has 8 heteroatoms. The van der Waals surface area contributed by atoms with Gasteiger partial charge in [0.1, 0.15) is 6.17 Å². The lowest BCUT2D eigenvalue weighted by molar-refractivity contribution is 0.0975. The SMILES string of the molecule is O=C1c2ccccc2NC(c2cn[nH]c2-c2cccs2)N1c1ccc2c(c1)OCO2. The van der Waals surface area contributed by atoms with E-state index in [1.54, 1.807) is 22.4 Å². The maximum absolute atomic E-state index is 13.6. The number of aromatic nitrogens is 2. The van der Waals surface area contributed by atoms with Crippen molar-refractivity contribution in [2.45, 2.75) is 6.17 Å². The fourth-order valence-electron chi connectivity index (χ4n) is 3.89. The lowest BCUT2D eigenvalue weighted by Crippen LogP contribution is -2.43. The van der Waals surface area contributed by atoms with E-state index in [0.29, 0.717) is 17.1 Å². The molecule has 4 heterocycles. The van der Waals surface area contributed by atoms with Crippen LogP contribution in [0.15, 0.2) is 66.2 Å². The first-order chi connectivity index (χ1) is 14.8. The molecule has 0 spiro atoms. The Kier molecular flexibility index (Phi) is 3.78. The van der Waals surface area contributed by atoms with Crippen molar-refractivity contribution in [3.63, 3.8) is 0 Å². The number of fused-ring (bicyclic) bond motifs is 2. The number of rotatable bonds is 3. The molecule has 0 saturated heterocycles. The molecule has 1 amide bonds. The zero-order chi connectivity index (χ0) is 20.1. The summed E-state index contributed by atoms with van der Waals surface area (Å²) in [6, 6.07) is 17.1. The van der Waals surface area contributed by atoms with Crippen LogP contribution in [-0.4, -0.2) is 22.9 Å². The van der Waals surface area contributed by atoms with Crippen molar-refractivity contribution in [3.8, 4) is 22.1 Å². The summed E-state index contributed by atoms with van der Waals surface area (Å²) >= 11 is 1.62. The third-order valence-corrected chi connectivity index (χ3v) is 6.18. The second-order valence-corrected chi connectivity index (χ2v) is 7.93. The van der Waals surface area contributed by atoms with Gasteiger partial charge in [-0.15, -0.1) is 11.3 Å². The number of anilines is 2. The van der Waals surface area contributed by atoms with Gasteiger partial charge in [0, 0.05) is 17.3 Å². The number of benzene rings is 2. The maximum atomic E-state index is 13.6. The van der Waals surface area contributed by atoms with Crippen LogP contribution in [0.25, 0.3) is 10.6 Å². The minimum Gasteiger partial charge on any atom is -0.454 e. The Morgan fingerprint density at radius 1 is 1.07 bits per heavy atom. The van der Waals surface area contributed by atoms with Gasteiger partial charge in [-0.05, 0) is 35.7 Å². The Morgan fingerprint density at radius 3 is 2.87 bits per heavy atom. The summed E-state index contributed by atoms with van der Waals surface area (Å²) in [6.07, 6.45) is 1.33. The number of thiophene rings is 1. The van der Waals surface area contributed by atoms with Gasteiger partial charge in [-0.2, -0.15) is 5.10 Å². The number of hydrogen-bond donors (Lipinski definition) is 2. The van der Waals surface area contributed by atoms with Crippen LogP contribution in [0.2, 0.25) is 0 Å². The number of amides is 1. The van der Waals surface area contributed by atoms with E-state index in [-0.39, 0.29) is 12.7 Å². The monoisotopic (exact) mass is 416 g/mol. The van der Waals surface area contributed by atoms with Crippen LogP contribution in [-0.2, 0) is 0 Å². The zero-order valence-electron chi connectivity index (χ0n) is 15.7. The van der Waals surface area contributed by atoms with E-state index in [4.69, 9.17) is 9.47 Å². The second kappa shape index (κ2) is 6.64. The van der Waals surface area contributed by atoms with Crippen molar-refractivity contribution < 1.29 is 14.3 Å². The number of aromatic amines is 1. The lowest BCUT2D eigenvalue weighted by Gasteiger charge is -2.38. The highest BCUT2D eigenvalue weighted by Crippen LogP contribution is 2.43. The molecule has 6 rings (SSSR count). The number of hydrogen-bond acceptors (Lipinski definition) is 6.